The highest BCUT2D eigenvalue weighted by Crippen LogP contribution is 2.37. The molecule has 3 heterocycles. The van der Waals surface area contributed by atoms with Crippen LogP contribution in [0.4, 0.5) is 11.5 Å². The number of benzene rings is 1. The number of nitrogens with two attached hydrogens (primary N) is 1. The molecule has 2 aliphatic heterocycles. The Morgan fingerprint density at radius 2 is 2.30 bits per heavy atom. The van der Waals surface area contributed by atoms with Crippen LogP contribution in [0.1, 0.15) is 6.92 Å². The van der Waals surface area contributed by atoms with Gasteiger partial charge in [-0.1, -0.05) is 0 Å². The number of carbonyl (C=O) groups excluding carboxylic acids is 2. The van der Waals surface area contributed by atoms with E-state index in [-0.39, 0.29) is 11.9 Å². The molecule has 0 spiro atoms. The lowest BCUT2D eigenvalue weighted by Crippen LogP contribution is -2.34. The van der Waals surface area contributed by atoms with Crippen molar-refractivity contribution in [3.63, 3.8) is 0 Å². The molecule has 2 aliphatic rings. The quantitative estimate of drug-likeness (QED) is 0.666. The smallest absolute Gasteiger partial charge is 0.284 e. The van der Waals surface area contributed by atoms with Gasteiger partial charge in [-0.05, 0) is 19.1 Å². The molecule has 158 valence electrons. The Kier molecular flexibility index (Phi) is 5.35. The van der Waals surface area contributed by atoms with Crippen LogP contribution in [0.15, 0.2) is 30.3 Å². The van der Waals surface area contributed by atoms with Crippen molar-refractivity contribution >= 4 is 23.4 Å². The predicted octanol–water partition coefficient (Wildman–Crippen LogP) is 0.753. The molecule has 1 amide bonds. The third-order valence-corrected chi connectivity index (χ3v) is 5.08. The van der Waals surface area contributed by atoms with Crippen LogP contribution in [0.2, 0.25) is 0 Å². The van der Waals surface area contributed by atoms with Gasteiger partial charge < -0.3 is 29.8 Å². The van der Waals surface area contributed by atoms with E-state index in [1.165, 1.54) is 0 Å². The molecule has 1 fully saturated rings. The van der Waals surface area contributed by atoms with E-state index in [9.17, 15) is 9.59 Å². The molecule has 2 atom stereocenters. The number of hydrogen-bond donors (Lipinski definition) is 2. The number of methoxy groups -OCH3 is 1. The number of amides is 1. The molecule has 0 radical (unpaired) electrons. The van der Waals surface area contributed by atoms with Crippen molar-refractivity contribution in [1.82, 2.24) is 9.55 Å². The molecule has 1 aromatic heterocycles. The fourth-order valence-corrected chi connectivity index (χ4v) is 3.56. The number of nitrogens with one attached hydrogen (secondary N) is 1. The van der Waals surface area contributed by atoms with Gasteiger partial charge >= 0.3 is 0 Å². The van der Waals surface area contributed by atoms with Crippen LogP contribution in [0.3, 0.4) is 0 Å². The second-order valence-corrected chi connectivity index (χ2v) is 7.14. The van der Waals surface area contributed by atoms with E-state index in [1.807, 2.05) is 34.9 Å². The van der Waals surface area contributed by atoms with Gasteiger partial charge in [0.05, 0.1) is 24.8 Å². The van der Waals surface area contributed by atoms with Gasteiger partial charge in [-0.15, -0.1) is 0 Å². The van der Waals surface area contributed by atoms with Crippen LogP contribution >= 0.6 is 0 Å². The Bertz CT molecular complexity index is 1010. The molecular weight excluding hydrogens is 390 g/mol. The van der Waals surface area contributed by atoms with Gasteiger partial charge in [0.25, 0.3) is 5.88 Å². The molecule has 0 bridgehead atoms. The van der Waals surface area contributed by atoms with E-state index < -0.39 is 11.9 Å². The van der Waals surface area contributed by atoms with Crippen molar-refractivity contribution in [3.05, 3.63) is 30.3 Å². The minimum absolute atomic E-state index is 0.0989. The van der Waals surface area contributed by atoms with E-state index in [0.717, 1.165) is 11.3 Å². The normalized spacial score (nSPS) is 18.4. The van der Waals surface area contributed by atoms with E-state index in [4.69, 9.17) is 24.9 Å². The average Bonchev–Trinajstić information content (AvgIpc) is 3.28. The highest BCUT2D eigenvalue weighted by Gasteiger charge is 2.35. The summed E-state index contributed by atoms with van der Waals surface area (Å²) < 4.78 is 18.6. The van der Waals surface area contributed by atoms with Crippen LogP contribution in [0, 0.1) is 0 Å². The third kappa shape index (κ3) is 3.58. The second kappa shape index (κ2) is 8.10. The van der Waals surface area contributed by atoms with Gasteiger partial charge in [0, 0.05) is 25.1 Å². The zero-order chi connectivity index (χ0) is 21.3. The summed E-state index contributed by atoms with van der Waals surface area (Å²) in [6.45, 7) is 3.44. The van der Waals surface area contributed by atoms with E-state index in [2.05, 4.69) is 5.32 Å². The van der Waals surface area contributed by atoms with Gasteiger partial charge in [-0.3, -0.25) is 9.69 Å². The SMILES string of the molecule is COC[C@@H]1COC(=C=O)N1c1cn2c(n1)-c1ccc(N[C@@H](C)C(N)=O)cc1OCC2. The number of aromatic nitrogens is 2. The summed E-state index contributed by atoms with van der Waals surface area (Å²) in [6.07, 6.45) is 1.86. The Morgan fingerprint density at radius 1 is 1.47 bits per heavy atom. The molecule has 0 unspecified atom stereocenters. The second-order valence-electron chi connectivity index (χ2n) is 7.14. The predicted molar refractivity (Wildman–Crippen MR) is 109 cm³/mol. The van der Waals surface area contributed by atoms with Crippen molar-refractivity contribution in [2.24, 2.45) is 5.73 Å². The number of rotatable bonds is 6. The molecular formula is C20H23N5O5. The van der Waals surface area contributed by atoms with Gasteiger partial charge in [0.15, 0.2) is 11.8 Å². The number of nitrogens with zero attached hydrogens (tertiary/aromatic N) is 3. The Hall–Kier alpha value is -3.49. The maximum Gasteiger partial charge on any atom is 0.284 e. The van der Waals surface area contributed by atoms with Crippen molar-refractivity contribution in [2.45, 2.75) is 25.6 Å². The lowest BCUT2D eigenvalue weighted by molar-refractivity contribution is -0.118. The largest absolute Gasteiger partial charge is 0.491 e. The Labute approximate surface area is 173 Å². The molecule has 10 heteroatoms. The summed E-state index contributed by atoms with van der Waals surface area (Å²) in [7, 11) is 1.60. The van der Waals surface area contributed by atoms with E-state index in [0.29, 0.717) is 43.8 Å². The first-order valence-corrected chi connectivity index (χ1v) is 9.58. The standard InChI is InChI=1S/C20H23N5O5/c1-12(19(21)27)22-13-3-4-15-16(7-13)29-6-5-24-8-17(23-20(15)24)25-14(10-28-2)11-30-18(25)9-26/h3-4,7-8,12,14,22H,5-6,10-11H2,1-2H3,(H2,21,27)/t12-,14+/m0/s1. The number of carbonyl (C=O) groups is 1. The zero-order valence-corrected chi connectivity index (χ0v) is 16.8. The summed E-state index contributed by atoms with van der Waals surface area (Å²) in [5.41, 5.74) is 6.85. The molecule has 0 saturated carbocycles. The van der Waals surface area contributed by atoms with Crippen LogP contribution in [0.25, 0.3) is 11.4 Å². The first kappa shape index (κ1) is 19.8. The topological polar surface area (TPSA) is 121 Å². The Morgan fingerprint density at radius 3 is 3.03 bits per heavy atom. The molecule has 0 aliphatic carbocycles. The first-order valence-electron chi connectivity index (χ1n) is 9.58. The van der Waals surface area contributed by atoms with Crippen molar-refractivity contribution in [3.8, 4) is 17.1 Å². The number of fused-ring (bicyclic) bond motifs is 3. The summed E-state index contributed by atoms with van der Waals surface area (Å²) in [6, 6.07) is 4.87. The fraction of sp³-hybridized carbons (Fsp3) is 0.400. The van der Waals surface area contributed by atoms with Gasteiger partial charge in [0.1, 0.15) is 30.8 Å². The summed E-state index contributed by atoms with van der Waals surface area (Å²) >= 11 is 0. The van der Waals surface area contributed by atoms with Crippen LogP contribution in [0.5, 0.6) is 5.75 Å². The Balaban J connectivity index is 1.69. The summed E-state index contributed by atoms with van der Waals surface area (Å²) in [4.78, 5) is 29.1. The number of anilines is 2. The third-order valence-electron chi connectivity index (χ3n) is 5.08. The monoisotopic (exact) mass is 413 g/mol. The lowest BCUT2D eigenvalue weighted by Gasteiger charge is -2.19. The lowest BCUT2D eigenvalue weighted by atomic mass is 10.1. The summed E-state index contributed by atoms with van der Waals surface area (Å²) in [5.74, 6) is 3.44. The van der Waals surface area contributed by atoms with Crippen LogP contribution in [-0.4, -0.2) is 60.4 Å². The zero-order valence-electron chi connectivity index (χ0n) is 16.8. The molecule has 2 aromatic rings. The number of hydrogen-bond acceptors (Lipinski definition) is 8. The fourth-order valence-electron chi connectivity index (χ4n) is 3.56. The van der Waals surface area contributed by atoms with Crippen molar-refractivity contribution in [2.75, 3.05) is 37.1 Å². The minimum Gasteiger partial charge on any atom is -0.491 e. The van der Waals surface area contributed by atoms with E-state index in [1.54, 1.807) is 18.9 Å². The van der Waals surface area contributed by atoms with Crippen LogP contribution in [-0.2, 0) is 25.6 Å². The van der Waals surface area contributed by atoms with Gasteiger partial charge in [-0.2, -0.15) is 0 Å². The molecule has 1 aromatic carbocycles. The number of ether oxygens (including phenoxy) is 3. The number of primary amides is 1. The highest BCUT2D eigenvalue weighted by molar-refractivity contribution is 5.83. The number of imidazole rings is 1. The van der Waals surface area contributed by atoms with Crippen LogP contribution < -0.4 is 20.7 Å². The molecule has 30 heavy (non-hydrogen) atoms. The highest BCUT2D eigenvalue weighted by atomic mass is 16.5. The molecule has 4 rings (SSSR count). The molecule has 1 saturated heterocycles. The molecule has 10 nitrogen and oxygen atoms in total. The van der Waals surface area contributed by atoms with E-state index >= 15 is 0 Å². The first-order chi connectivity index (χ1) is 14.5. The summed E-state index contributed by atoms with van der Waals surface area (Å²) in [5, 5.41) is 3.05. The van der Waals surface area contributed by atoms with Crippen molar-refractivity contribution < 1.29 is 23.8 Å². The van der Waals surface area contributed by atoms with Crippen molar-refractivity contribution in [1.29, 1.82) is 0 Å². The molecule has 3 N–H and O–H groups in total. The minimum atomic E-state index is -0.510. The average molecular weight is 413 g/mol. The van der Waals surface area contributed by atoms with Gasteiger partial charge in [0.2, 0.25) is 5.91 Å². The maximum absolute atomic E-state index is 11.3. The maximum atomic E-state index is 11.3. The van der Waals surface area contributed by atoms with Gasteiger partial charge in [-0.25, -0.2) is 9.78 Å².